The molecule has 228 valence electrons. The van der Waals surface area contributed by atoms with Crippen LogP contribution in [0.1, 0.15) is 24.7 Å². The molecule has 10 rings (SSSR count). The van der Waals surface area contributed by atoms with Crippen molar-refractivity contribution in [1.82, 2.24) is 0 Å². The third-order valence-corrected chi connectivity index (χ3v) is 8.77. The second-order valence-corrected chi connectivity index (χ2v) is 11.4. The minimum Gasteiger partial charge on any atom is -0.455 e. The topological polar surface area (TPSA) is 13.1 Å². The Kier molecular flexibility index (Phi) is 3.43. The molecule has 0 fully saturated rings. The van der Waals surface area contributed by atoms with Crippen LogP contribution in [0.3, 0.4) is 0 Å². The van der Waals surface area contributed by atoms with Gasteiger partial charge in [0.05, 0.1) is 24.7 Å². The number of furan rings is 1. The molecule has 0 aliphatic carbocycles. The summed E-state index contributed by atoms with van der Waals surface area (Å²) in [6, 6.07) is 10.6. The molecule has 1 aromatic heterocycles. The predicted octanol–water partition coefficient (Wildman–Crippen LogP) is 13.7. The number of hydrogen-bond donors (Lipinski definition) is 0. The number of rotatable bonds is 4. The highest BCUT2D eigenvalue weighted by molar-refractivity contribution is 6.27. The molecule has 0 spiro atoms. The van der Waals surface area contributed by atoms with E-state index in [1.54, 1.807) is 60.7 Å². The summed E-state index contributed by atoms with van der Waals surface area (Å²) in [5, 5.41) is 1.64. The average Bonchev–Trinajstić information content (AvgIpc) is 3.72. The normalized spacial score (nSPS) is 16.8. The van der Waals surface area contributed by atoms with E-state index in [1.807, 2.05) is 12.1 Å². The third-order valence-electron chi connectivity index (χ3n) is 8.77. The fourth-order valence-corrected chi connectivity index (χ4v) is 6.71. The van der Waals surface area contributed by atoms with Crippen molar-refractivity contribution in [2.24, 2.45) is 0 Å². The molecule has 1 heteroatoms. The molecule has 0 aliphatic rings. The summed E-state index contributed by atoms with van der Waals surface area (Å²) in [6.07, 6.45) is 0. The monoisotopic (exact) mass is 640 g/mol. The van der Waals surface area contributed by atoms with Crippen LogP contribution in [-0.2, 0) is 0 Å². The van der Waals surface area contributed by atoms with Crippen molar-refractivity contribution in [3.05, 3.63) is 182 Å². The van der Waals surface area contributed by atoms with E-state index in [0.717, 1.165) is 0 Å². The standard InChI is InChI=1S/C48H30O/c1-2-13-31(14-3-1)32-25-27-34(28-26-32)35-16-6-7-18-37(35)45-38-19-8-10-21-40(38)46(41-22-11-9-20-39(41)45)42-23-12-24-44-47(42)43-30-29-33-15-4-5-17-36(33)48(43)49-44/h1-30H/i1D,2D,3D,4D,5D,12D,13D,14D,15D,17D,23D,24D,25D,26D,27D,28D,29D,30D. The zero-order chi connectivity index (χ0) is 48.0. The summed E-state index contributed by atoms with van der Waals surface area (Å²) in [5.74, 6) is 0. The van der Waals surface area contributed by atoms with E-state index in [4.69, 9.17) is 23.6 Å². The first-order valence-corrected chi connectivity index (χ1v) is 15.4. The Balaban J connectivity index is 1.32. The molecule has 0 aliphatic heterocycles. The van der Waals surface area contributed by atoms with Crippen molar-refractivity contribution in [2.45, 2.75) is 0 Å². The van der Waals surface area contributed by atoms with Gasteiger partial charge >= 0.3 is 0 Å². The Morgan fingerprint density at radius 1 is 0.367 bits per heavy atom. The molecule has 9 aromatic carbocycles. The van der Waals surface area contributed by atoms with Gasteiger partial charge in [-0.3, -0.25) is 0 Å². The SMILES string of the molecule is [2H]c1c([2H])c([2H])c(-c2c([2H])c([2H])c(-c3ccccc3-c3c4ccccc4c(-c4c([2H])c([2H])c([2H])c5oc6c7c([2H])c([2H])c([2H])c([2H])c7c([2H])c([2H])c6c45)c4ccccc34)c([2H])c2[2H])c([2H])c1[2H]. The first-order chi connectivity index (χ1) is 31.8. The van der Waals surface area contributed by atoms with Gasteiger partial charge in [0.15, 0.2) is 0 Å². The van der Waals surface area contributed by atoms with Gasteiger partial charge < -0.3 is 4.42 Å². The Morgan fingerprint density at radius 2 is 0.939 bits per heavy atom. The minimum absolute atomic E-state index is 0.0279. The summed E-state index contributed by atoms with van der Waals surface area (Å²) in [6.45, 7) is 0. The van der Waals surface area contributed by atoms with Crippen LogP contribution in [0.5, 0.6) is 0 Å². The summed E-state index contributed by atoms with van der Waals surface area (Å²) in [5.41, 5.74) is 0.276. The van der Waals surface area contributed by atoms with Crippen molar-refractivity contribution in [2.75, 3.05) is 0 Å². The quantitative estimate of drug-likeness (QED) is 0.174. The van der Waals surface area contributed by atoms with Gasteiger partial charge in [0.2, 0.25) is 0 Å². The Morgan fingerprint density at radius 3 is 1.65 bits per heavy atom. The maximum Gasteiger partial charge on any atom is 0.143 e. The molecule has 0 saturated heterocycles. The zero-order valence-corrected chi connectivity index (χ0v) is 25.3. The molecule has 49 heavy (non-hydrogen) atoms. The van der Waals surface area contributed by atoms with Gasteiger partial charge in [-0.25, -0.2) is 0 Å². The molecular formula is C48H30O. The van der Waals surface area contributed by atoms with Crippen molar-refractivity contribution in [1.29, 1.82) is 0 Å². The van der Waals surface area contributed by atoms with Crippen molar-refractivity contribution < 1.29 is 29.1 Å². The first-order valence-electron chi connectivity index (χ1n) is 24.4. The second kappa shape index (κ2) is 11.1. The Hall–Kier alpha value is -6.44. The highest BCUT2D eigenvalue weighted by atomic mass is 16.3. The lowest BCUT2D eigenvalue weighted by molar-refractivity contribution is 0.673. The summed E-state index contributed by atoms with van der Waals surface area (Å²) in [7, 11) is 0. The van der Waals surface area contributed by atoms with Crippen LogP contribution in [0.25, 0.3) is 98.8 Å². The van der Waals surface area contributed by atoms with E-state index >= 15 is 0 Å². The molecule has 0 atom stereocenters. The molecular weight excluding hydrogens is 593 g/mol. The second-order valence-electron chi connectivity index (χ2n) is 11.4. The largest absolute Gasteiger partial charge is 0.455 e. The van der Waals surface area contributed by atoms with Crippen molar-refractivity contribution >= 4 is 54.3 Å². The Labute approximate surface area is 309 Å². The molecule has 10 aromatic rings. The van der Waals surface area contributed by atoms with Crippen LogP contribution in [-0.4, -0.2) is 0 Å². The van der Waals surface area contributed by atoms with Crippen LogP contribution in [0, 0.1) is 0 Å². The average molecular weight is 641 g/mol. The maximum atomic E-state index is 9.53. The van der Waals surface area contributed by atoms with E-state index in [2.05, 4.69) is 0 Å². The number of hydrogen-bond acceptors (Lipinski definition) is 1. The van der Waals surface area contributed by atoms with Crippen LogP contribution < -0.4 is 0 Å². The van der Waals surface area contributed by atoms with E-state index < -0.39 is 120 Å². The van der Waals surface area contributed by atoms with Gasteiger partial charge in [0.1, 0.15) is 11.2 Å². The van der Waals surface area contributed by atoms with Crippen LogP contribution in [0.2, 0.25) is 0 Å². The summed E-state index contributed by atoms with van der Waals surface area (Å²) >= 11 is 0. The fraction of sp³-hybridized carbons (Fsp3) is 0. The molecule has 0 radical (unpaired) electrons. The molecule has 0 saturated carbocycles. The van der Waals surface area contributed by atoms with E-state index in [1.165, 1.54) is 0 Å². The lowest BCUT2D eigenvalue weighted by Crippen LogP contribution is -1.93. The first kappa shape index (κ1) is 15.2. The van der Waals surface area contributed by atoms with Crippen molar-refractivity contribution in [3.63, 3.8) is 0 Å². The van der Waals surface area contributed by atoms with Gasteiger partial charge in [-0.2, -0.15) is 0 Å². The molecule has 1 heterocycles. The van der Waals surface area contributed by atoms with Gasteiger partial charge in [-0.05, 0) is 83.5 Å². The molecule has 0 amide bonds. The van der Waals surface area contributed by atoms with Crippen LogP contribution in [0.15, 0.2) is 186 Å². The van der Waals surface area contributed by atoms with Gasteiger partial charge in [0.25, 0.3) is 0 Å². The third kappa shape index (κ3) is 4.33. The lowest BCUT2D eigenvalue weighted by atomic mass is 9.83. The summed E-state index contributed by atoms with van der Waals surface area (Å²) in [4.78, 5) is 0. The van der Waals surface area contributed by atoms with Gasteiger partial charge in [0, 0.05) is 16.2 Å². The van der Waals surface area contributed by atoms with Crippen LogP contribution >= 0.6 is 0 Å². The number of fused-ring (bicyclic) bond motifs is 7. The molecule has 1 nitrogen and oxygen atoms in total. The van der Waals surface area contributed by atoms with E-state index in [0.29, 0.717) is 38.2 Å². The molecule has 0 bridgehead atoms. The Bertz CT molecular complexity index is 3800. The summed E-state index contributed by atoms with van der Waals surface area (Å²) < 4.78 is 165. The molecule has 0 unspecified atom stereocenters. The smallest absolute Gasteiger partial charge is 0.143 e. The van der Waals surface area contributed by atoms with E-state index in [-0.39, 0.29) is 49.4 Å². The number of benzene rings is 9. The fourth-order valence-electron chi connectivity index (χ4n) is 6.71. The minimum atomic E-state index is -0.691. The highest BCUT2D eigenvalue weighted by Crippen LogP contribution is 2.48. The lowest BCUT2D eigenvalue weighted by Gasteiger charge is -2.20. The van der Waals surface area contributed by atoms with Crippen molar-refractivity contribution in [3.8, 4) is 44.5 Å². The van der Waals surface area contributed by atoms with Gasteiger partial charge in [-0.15, -0.1) is 0 Å². The van der Waals surface area contributed by atoms with Crippen LogP contribution in [0.4, 0.5) is 0 Å². The molecule has 0 N–H and O–H groups in total. The van der Waals surface area contributed by atoms with Gasteiger partial charge in [-0.1, -0.05) is 169 Å². The maximum absolute atomic E-state index is 9.53. The predicted molar refractivity (Wildman–Crippen MR) is 208 cm³/mol. The van der Waals surface area contributed by atoms with E-state index in [9.17, 15) is 5.48 Å². The highest BCUT2D eigenvalue weighted by Gasteiger charge is 2.22. The zero-order valence-electron chi connectivity index (χ0n) is 43.3.